The van der Waals surface area contributed by atoms with Crippen LogP contribution in [0.1, 0.15) is 0 Å². The third kappa shape index (κ3) is 2.48. The number of hydrogen-bond acceptors (Lipinski definition) is 2. The second kappa shape index (κ2) is 4.85. The van der Waals surface area contributed by atoms with Gasteiger partial charge in [0.25, 0.3) is 5.69 Å². The molecule has 0 radical (unpaired) electrons. The molecule has 2 rings (SSSR count). The van der Waals surface area contributed by atoms with E-state index in [2.05, 4.69) is 15.9 Å². The van der Waals surface area contributed by atoms with E-state index in [4.69, 9.17) is 11.6 Å². The van der Waals surface area contributed by atoms with Crippen LogP contribution in [0.25, 0.3) is 11.1 Å². The first-order valence-corrected chi connectivity index (χ1v) is 5.95. The van der Waals surface area contributed by atoms with Gasteiger partial charge in [0.05, 0.1) is 9.40 Å². The van der Waals surface area contributed by atoms with Crippen molar-refractivity contribution < 1.29 is 4.92 Å². The molecule has 0 unspecified atom stereocenters. The SMILES string of the molecule is O=[N+]([O-])c1cc(-c2ccccc2Cl)ccc1Br. The molecule has 2 aromatic rings. The Hall–Kier alpha value is -1.39. The summed E-state index contributed by atoms with van der Waals surface area (Å²) in [5.74, 6) is 0. The standard InChI is InChI=1S/C12H7BrClNO2/c13-10-6-5-8(7-12(10)15(16)17)9-3-1-2-4-11(9)14/h1-7H. The van der Waals surface area contributed by atoms with E-state index in [0.29, 0.717) is 9.50 Å². The summed E-state index contributed by atoms with van der Waals surface area (Å²) in [6, 6.07) is 12.2. The number of hydrogen-bond donors (Lipinski definition) is 0. The van der Waals surface area contributed by atoms with Crippen LogP contribution >= 0.6 is 27.5 Å². The highest BCUT2D eigenvalue weighted by molar-refractivity contribution is 9.10. The zero-order valence-electron chi connectivity index (χ0n) is 8.56. The first-order valence-electron chi connectivity index (χ1n) is 4.78. The molecular formula is C12H7BrClNO2. The maximum Gasteiger partial charge on any atom is 0.284 e. The zero-order chi connectivity index (χ0) is 12.4. The van der Waals surface area contributed by atoms with Crippen molar-refractivity contribution in [2.45, 2.75) is 0 Å². The Balaban J connectivity index is 2.58. The molecule has 86 valence electrons. The van der Waals surface area contributed by atoms with E-state index in [9.17, 15) is 10.1 Å². The van der Waals surface area contributed by atoms with Gasteiger partial charge in [-0.05, 0) is 33.6 Å². The fourth-order valence-electron chi connectivity index (χ4n) is 1.52. The quantitative estimate of drug-likeness (QED) is 0.597. The molecule has 0 saturated heterocycles. The van der Waals surface area contributed by atoms with Crippen molar-refractivity contribution in [3.05, 3.63) is 62.1 Å². The molecule has 0 aliphatic carbocycles. The van der Waals surface area contributed by atoms with Crippen molar-refractivity contribution >= 4 is 33.2 Å². The summed E-state index contributed by atoms with van der Waals surface area (Å²) in [6.45, 7) is 0. The largest absolute Gasteiger partial charge is 0.284 e. The van der Waals surface area contributed by atoms with Gasteiger partial charge >= 0.3 is 0 Å². The molecule has 0 aliphatic rings. The molecule has 0 amide bonds. The number of nitro groups is 1. The summed E-state index contributed by atoms with van der Waals surface area (Å²) in [6.07, 6.45) is 0. The Morgan fingerprint density at radius 2 is 1.88 bits per heavy atom. The second-order valence-electron chi connectivity index (χ2n) is 3.40. The molecule has 0 atom stereocenters. The molecule has 0 bridgehead atoms. The van der Waals surface area contributed by atoms with E-state index in [1.165, 1.54) is 6.07 Å². The van der Waals surface area contributed by atoms with E-state index in [-0.39, 0.29) is 5.69 Å². The molecule has 0 fully saturated rings. The van der Waals surface area contributed by atoms with Crippen molar-refractivity contribution in [1.82, 2.24) is 0 Å². The van der Waals surface area contributed by atoms with Gasteiger partial charge in [-0.25, -0.2) is 0 Å². The maximum atomic E-state index is 10.8. The van der Waals surface area contributed by atoms with Crippen LogP contribution in [-0.4, -0.2) is 4.92 Å². The zero-order valence-corrected chi connectivity index (χ0v) is 10.9. The maximum absolute atomic E-state index is 10.8. The van der Waals surface area contributed by atoms with Gasteiger partial charge in [-0.3, -0.25) is 10.1 Å². The molecule has 0 heterocycles. The van der Waals surface area contributed by atoms with Crippen molar-refractivity contribution in [3.8, 4) is 11.1 Å². The van der Waals surface area contributed by atoms with Gasteiger partial charge in [-0.15, -0.1) is 0 Å². The monoisotopic (exact) mass is 311 g/mol. The van der Waals surface area contributed by atoms with Gasteiger partial charge in [-0.1, -0.05) is 35.9 Å². The Kier molecular flexibility index (Phi) is 3.45. The average molecular weight is 313 g/mol. The van der Waals surface area contributed by atoms with Gasteiger partial charge in [0.1, 0.15) is 0 Å². The minimum absolute atomic E-state index is 0.0300. The lowest BCUT2D eigenvalue weighted by Gasteiger charge is -2.04. The highest BCUT2D eigenvalue weighted by atomic mass is 79.9. The third-order valence-corrected chi connectivity index (χ3v) is 3.33. The van der Waals surface area contributed by atoms with Crippen LogP contribution in [0.3, 0.4) is 0 Å². The molecule has 0 N–H and O–H groups in total. The van der Waals surface area contributed by atoms with Gasteiger partial charge in [-0.2, -0.15) is 0 Å². The van der Waals surface area contributed by atoms with Gasteiger partial charge in [0, 0.05) is 16.7 Å². The molecule has 3 nitrogen and oxygen atoms in total. The molecule has 0 aliphatic heterocycles. The Labute approximate surface area is 111 Å². The second-order valence-corrected chi connectivity index (χ2v) is 4.66. The van der Waals surface area contributed by atoms with Gasteiger partial charge in [0.2, 0.25) is 0 Å². The first-order chi connectivity index (χ1) is 8.09. The third-order valence-electron chi connectivity index (χ3n) is 2.33. The molecule has 0 aromatic heterocycles. The van der Waals surface area contributed by atoms with Crippen LogP contribution in [0.15, 0.2) is 46.9 Å². The Morgan fingerprint density at radius 3 is 2.53 bits per heavy atom. The van der Waals surface area contributed by atoms with Crippen LogP contribution in [-0.2, 0) is 0 Å². The van der Waals surface area contributed by atoms with Crippen molar-refractivity contribution in [1.29, 1.82) is 0 Å². The summed E-state index contributed by atoms with van der Waals surface area (Å²) >= 11 is 9.20. The van der Waals surface area contributed by atoms with E-state index in [1.807, 2.05) is 18.2 Å². The lowest BCUT2D eigenvalue weighted by molar-refractivity contribution is -0.385. The predicted molar refractivity (Wildman–Crippen MR) is 71.2 cm³/mol. The first kappa shape index (κ1) is 12.1. The minimum atomic E-state index is -0.426. The highest BCUT2D eigenvalue weighted by Gasteiger charge is 2.13. The summed E-state index contributed by atoms with van der Waals surface area (Å²) in [5.41, 5.74) is 1.54. The van der Waals surface area contributed by atoms with Crippen molar-refractivity contribution in [2.75, 3.05) is 0 Å². The topological polar surface area (TPSA) is 43.1 Å². The van der Waals surface area contributed by atoms with Gasteiger partial charge < -0.3 is 0 Å². The van der Waals surface area contributed by atoms with Crippen LogP contribution < -0.4 is 0 Å². The number of benzene rings is 2. The lowest BCUT2D eigenvalue weighted by Crippen LogP contribution is -1.90. The summed E-state index contributed by atoms with van der Waals surface area (Å²) in [4.78, 5) is 10.4. The van der Waals surface area contributed by atoms with Crippen molar-refractivity contribution in [3.63, 3.8) is 0 Å². The fourth-order valence-corrected chi connectivity index (χ4v) is 2.15. The van der Waals surface area contributed by atoms with E-state index >= 15 is 0 Å². The normalized spacial score (nSPS) is 10.2. The van der Waals surface area contributed by atoms with E-state index in [1.54, 1.807) is 18.2 Å². The van der Waals surface area contributed by atoms with Crippen LogP contribution in [0.2, 0.25) is 5.02 Å². The van der Waals surface area contributed by atoms with Crippen molar-refractivity contribution in [2.24, 2.45) is 0 Å². The molecule has 0 spiro atoms. The predicted octanol–water partition coefficient (Wildman–Crippen LogP) is 4.68. The smallest absolute Gasteiger partial charge is 0.258 e. The van der Waals surface area contributed by atoms with E-state index < -0.39 is 4.92 Å². The molecule has 17 heavy (non-hydrogen) atoms. The lowest BCUT2D eigenvalue weighted by atomic mass is 10.1. The highest BCUT2D eigenvalue weighted by Crippen LogP contribution is 2.33. The molecule has 5 heteroatoms. The van der Waals surface area contributed by atoms with Crippen LogP contribution in [0.5, 0.6) is 0 Å². The number of rotatable bonds is 2. The Morgan fingerprint density at radius 1 is 1.18 bits per heavy atom. The average Bonchev–Trinajstić information content (AvgIpc) is 2.30. The van der Waals surface area contributed by atoms with E-state index in [0.717, 1.165) is 11.1 Å². The number of nitro benzene ring substituents is 1. The van der Waals surface area contributed by atoms with Crippen LogP contribution in [0, 0.1) is 10.1 Å². The fraction of sp³-hybridized carbons (Fsp3) is 0. The van der Waals surface area contributed by atoms with Crippen LogP contribution in [0.4, 0.5) is 5.69 Å². The molecule has 0 saturated carbocycles. The molecular weight excluding hydrogens is 305 g/mol. The number of halogens is 2. The number of nitrogens with zero attached hydrogens (tertiary/aromatic N) is 1. The minimum Gasteiger partial charge on any atom is -0.258 e. The summed E-state index contributed by atoms with van der Waals surface area (Å²) in [7, 11) is 0. The Bertz CT molecular complexity index is 586. The summed E-state index contributed by atoms with van der Waals surface area (Å²) in [5, 5.41) is 11.4. The summed E-state index contributed by atoms with van der Waals surface area (Å²) < 4.78 is 0.457. The van der Waals surface area contributed by atoms with Gasteiger partial charge in [0.15, 0.2) is 0 Å². The molecule has 2 aromatic carbocycles.